The second-order valence-electron chi connectivity index (χ2n) is 4.29. The van der Waals surface area contributed by atoms with E-state index in [4.69, 9.17) is 0 Å². The van der Waals surface area contributed by atoms with Gasteiger partial charge < -0.3 is 5.32 Å². The lowest BCUT2D eigenvalue weighted by Crippen LogP contribution is -2.24. The number of thiophene rings is 1. The first kappa shape index (κ1) is 10.1. The third-order valence-corrected chi connectivity index (χ3v) is 4.21. The fraction of sp³-hybridized carbons (Fsp3) is 0.286. The van der Waals surface area contributed by atoms with Crippen LogP contribution in [0.4, 0.5) is 0 Å². The van der Waals surface area contributed by atoms with Gasteiger partial charge in [0.05, 0.1) is 0 Å². The highest BCUT2D eigenvalue weighted by Gasteiger charge is 2.15. The van der Waals surface area contributed by atoms with Gasteiger partial charge in [0.25, 0.3) is 0 Å². The molecule has 0 amide bonds. The molecule has 16 heavy (non-hydrogen) atoms. The van der Waals surface area contributed by atoms with Crippen LogP contribution in [-0.2, 0) is 13.0 Å². The van der Waals surface area contributed by atoms with E-state index in [1.807, 2.05) is 11.3 Å². The highest BCUT2D eigenvalue weighted by Crippen LogP contribution is 2.32. The van der Waals surface area contributed by atoms with Crippen molar-refractivity contribution < 1.29 is 0 Å². The number of benzene rings is 1. The van der Waals surface area contributed by atoms with Gasteiger partial charge in [-0.2, -0.15) is 0 Å². The van der Waals surface area contributed by atoms with E-state index >= 15 is 0 Å². The van der Waals surface area contributed by atoms with Gasteiger partial charge >= 0.3 is 0 Å². The van der Waals surface area contributed by atoms with Gasteiger partial charge in [0, 0.05) is 11.4 Å². The Balaban J connectivity index is 2.19. The molecule has 1 aromatic carbocycles. The molecular weight excluding hydrogens is 214 g/mol. The molecule has 0 aliphatic carbocycles. The van der Waals surface area contributed by atoms with E-state index in [9.17, 15) is 0 Å². The monoisotopic (exact) mass is 229 g/mol. The van der Waals surface area contributed by atoms with Crippen LogP contribution in [0.5, 0.6) is 0 Å². The third-order valence-electron chi connectivity index (χ3n) is 3.31. The van der Waals surface area contributed by atoms with E-state index in [0.29, 0.717) is 0 Å². The van der Waals surface area contributed by atoms with Crippen molar-refractivity contribution in [1.82, 2.24) is 5.32 Å². The summed E-state index contributed by atoms with van der Waals surface area (Å²) in [7, 11) is 0. The molecule has 1 aromatic heterocycles. The van der Waals surface area contributed by atoms with Gasteiger partial charge in [0.15, 0.2) is 0 Å². The number of rotatable bonds is 1. The molecule has 1 aliphatic rings. The number of hydrogen-bond acceptors (Lipinski definition) is 2. The van der Waals surface area contributed by atoms with E-state index < -0.39 is 0 Å². The molecule has 0 atom stereocenters. The van der Waals surface area contributed by atoms with E-state index in [0.717, 1.165) is 13.1 Å². The molecule has 0 spiro atoms. The average molecular weight is 229 g/mol. The largest absolute Gasteiger partial charge is 0.312 e. The van der Waals surface area contributed by atoms with Crippen LogP contribution in [0.1, 0.15) is 16.7 Å². The minimum atomic E-state index is 1.02. The quantitative estimate of drug-likeness (QED) is 0.790. The van der Waals surface area contributed by atoms with Crippen LogP contribution in [-0.4, -0.2) is 6.54 Å². The Labute approximate surface area is 100 Å². The molecule has 0 bridgehead atoms. The van der Waals surface area contributed by atoms with Crippen molar-refractivity contribution >= 4 is 11.3 Å². The molecule has 2 aromatic rings. The summed E-state index contributed by atoms with van der Waals surface area (Å²) in [5.74, 6) is 0. The Bertz CT molecular complexity index is 500. The molecule has 0 radical (unpaired) electrons. The van der Waals surface area contributed by atoms with Gasteiger partial charge in [-0.25, -0.2) is 0 Å². The maximum atomic E-state index is 3.48. The Morgan fingerprint density at radius 1 is 1.19 bits per heavy atom. The van der Waals surface area contributed by atoms with Crippen LogP contribution >= 0.6 is 11.3 Å². The topological polar surface area (TPSA) is 12.0 Å². The zero-order valence-electron chi connectivity index (χ0n) is 9.42. The lowest BCUT2D eigenvalue weighted by atomic mass is 9.91. The molecule has 0 saturated carbocycles. The summed E-state index contributed by atoms with van der Waals surface area (Å²) in [6, 6.07) is 8.87. The molecule has 1 N–H and O–H groups in total. The van der Waals surface area contributed by atoms with Crippen molar-refractivity contribution in [3.8, 4) is 10.4 Å². The highest BCUT2D eigenvalue weighted by atomic mass is 32.1. The van der Waals surface area contributed by atoms with Gasteiger partial charge in [-0.05, 0) is 53.6 Å². The summed E-state index contributed by atoms with van der Waals surface area (Å²) in [4.78, 5) is 1.39. The Morgan fingerprint density at radius 3 is 2.94 bits per heavy atom. The lowest BCUT2D eigenvalue weighted by molar-refractivity contribution is 0.642. The minimum absolute atomic E-state index is 1.02. The number of aryl methyl sites for hydroxylation is 1. The van der Waals surface area contributed by atoms with Crippen molar-refractivity contribution in [2.45, 2.75) is 19.9 Å². The standard InChI is InChI=1S/C14H15NS/c1-10-4-5-12(14-3-2-8-16-14)13-9-15-7-6-11(10)13/h2-5,8,15H,6-7,9H2,1H3. The fourth-order valence-corrected chi connectivity index (χ4v) is 3.23. The van der Waals surface area contributed by atoms with Crippen molar-refractivity contribution in [2.75, 3.05) is 6.54 Å². The Kier molecular flexibility index (Phi) is 2.54. The van der Waals surface area contributed by atoms with Gasteiger partial charge in [-0.3, -0.25) is 0 Å². The molecule has 0 unspecified atom stereocenters. The molecule has 82 valence electrons. The fourth-order valence-electron chi connectivity index (χ4n) is 2.45. The first-order valence-corrected chi connectivity index (χ1v) is 6.60. The summed E-state index contributed by atoms with van der Waals surface area (Å²) in [5, 5.41) is 5.63. The van der Waals surface area contributed by atoms with Crippen LogP contribution < -0.4 is 5.32 Å². The second kappa shape index (κ2) is 4.04. The molecule has 1 nitrogen and oxygen atoms in total. The van der Waals surface area contributed by atoms with Crippen LogP contribution in [0, 0.1) is 6.92 Å². The molecule has 2 heterocycles. The van der Waals surface area contributed by atoms with Crippen LogP contribution in [0.25, 0.3) is 10.4 Å². The van der Waals surface area contributed by atoms with Crippen molar-refractivity contribution in [1.29, 1.82) is 0 Å². The Morgan fingerprint density at radius 2 is 2.12 bits per heavy atom. The summed E-state index contributed by atoms with van der Waals surface area (Å²) in [5.41, 5.74) is 5.93. The number of nitrogens with one attached hydrogen (secondary N) is 1. The predicted molar refractivity (Wildman–Crippen MR) is 69.9 cm³/mol. The van der Waals surface area contributed by atoms with Gasteiger partial charge in [-0.15, -0.1) is 11.3 Å². The van der Waals surface area contributed by atoms with E-state index in [2.05, 4.69) is 41.9 Å². The molecule has 0 saturated heterocycles. The molecule has 3 rings (SSSR count). The molecule has 2 heteroatoms. The molecule has 1 aliphatic heterocycles. The van der Waals surface area contributed by atoms with Crippen LogP contribution in [0.3, 0.4) is 0 Å². The number of hydrogen-bond donors (Lipinski definition) is 1. The van der Waals surface area contributed by atoms with E-state index in [1.165, 1.54) is 28.0 Å². The normalized spacial score (nSPS) is 14.8. The maximum absolute atomic E-state index is 3.48. The predicted octanol–water partition coefficient (Wildman–Crippen LogP) is 3.37. The van der Waals surface area contributed by atoms with Gasteiger partial charge in [-0.1, -0.05) is 18.2 Å². The van der Waals surface area contributed by atoms with E-state index in [-0.39, 0.29) is 0 Å². The SMILES string of the molecule is Cc1ccc(-c2cccs2)c2c1CCNC2. The van der Waals surface area contributed by atoms with Gasteiger partial charge in [0.2, 0.25) is 0 Å². The first-order chi connectivity index (χ1) is 7.86. The lowest BCUT2D eigenvalue weighted by Gasteiger charge is -2.22. The summed E-state index contributed by atoms with van der Waals surface area (Å²) < 4.78 is 0. The van der Waals surface area contributed by atoms with Crippen LogP contribution in [0.15, 0.2) is 29.6 Å². The average Bonchev–Trinajstić information content (AvgIpc) is 2.83. The Hall–Kier alpha value is -1.12. The second-order valence-corrected chi connectivity index (χ2v) is 5.24. The van der Waals surface area contributed by atoms with Crippen molar-refractivity contribution in [3.05, 3.63) is 46.3 Å². The number of fused-ring (bicyclic) bond motifs is 1. The summed E-state index contributed by atoms with van der Waals surface area (Å²) in [6.45, 7) is 4.36. The van der Waals surface area contributed by atoms with Crippen molar-refractivity contribution in [2.24, 2.45) is 0 Å². The van der Waals surface area contributed by atoms with Crippen molar-refractivity contribution in [3.63, 3.8) is 0 Å². The molecular formula is C14H15NS. The van der Waals surface area contributed by atoms with Crippen LogP contribution in [0.2, 0.25) is 0 Å². The minimum Gasteiger partial charge on any atom is -0.312 e. The van der Waals surface area contributed by atoms with E-state index in [1.54, 1.807) is 5.56 Å². The van der Waals surface area contributed by atoms with Gasteiger partial charge in [0.1, 0.15) is 0 Å². The zero-order valence-corrected chi connectivity index (χ0v) is 10.2. The smallest absolute Gasteiger partial charge is 0.0346 e. The third kappa shape index (κ3) is 1.58. The summed E-state index contributed by atoms with van der Waals surface area (Å²) in [6.07, 6.45) is 1.17. The molecule has 0 fully saturated rings. The maximum Gasteiger partial charge on any atom is 0.0346 e. The highest BCUT2D eigenvalue weighted by molar-refractivity contribution is 7.13. The zero-order chi connectivity index (χ0) is 11.0. The first-order valence-electron chi connectivity index (χ1n) is 5.72. The summed E-state index contributed by atoms with van der Waals surface area (Å²) >= 11 is 1.83.